The van der Waals surface area contributed by atoms with Gasteiger partial charge in [0.05, 0.1) is 0 Å². The van der Waals surface area contributed by atoms with E-state index in [4.69, 9.17) is 10.9 Å². The zero-order valence-electron chi connectivity index (χ0n) is 4.63. The van der Waals surface area contributed by atoms with Crippen molar-refractivity contribution in [2.45, 2.75) is 13.0 Å². The van der Waals surface area contributed by atoms with E-state index in [9.17, 15) is 0 Å². The first-order valence-corrected chi connectivity index (χ1v) is 1.99. The predicted octanol–water partition coefficient (Wildman–Crippen LogP) is -4.63. The molecule has 0 aliphatic rings. The average Bonchev–Trinajstić information content (AvgIpc) is 1.65. The maximum Gasteiger partial charge on any atom is 0.197 e. The molecular formula is C3H10ClN3O. The number of quaternary nitrogens is 1. The van der Waals surface area contributed by atoms with Gasteiger partial charge in [0.25, 0.3) is 0 Å². The van der Waals surface area contributed by atoms with Gasteiger partial charge in [0, 0.05) is 0 Å². The van der Waals surface area contributed by atoms with E-state index in [0.717, 1.165) is 0 Å². The van der Waals surface area contributed by atoms with Gasteiger partial charge < -0.3 is 29.1 Å². The highest BCUT2D eigenvalue weighted by Gasteiger charge is 2.00. The third-order valence-electron chi connectivity index (χ3n) is 0.620. The first-order chi connectivity index (χ1) is 3.18. The summed E-state index contributed by atoms with van der Waals surface area (Å²) in [4.78, 5) is 0. The number of nitrogens with two attached hydrogens (primary N) is 1. The molecule has 0 aromatic carbocycles. The molecule has 50 valence electrons. The minimum atomic E-state index is -0.106. The van der Waals surface area contributed by atoms with Crippen molar-refractivity contribution in [3.8, 4) is 0 Å². The molecule has 0 aliphatic carbocycles. The Hall–Kier alpha value is -0.480. The molecule has 0 rings (SSSR count). The van der Waals surface area contributed by atoms with Crippen molar-refractivity contribution in [1.82, 2.24) is 0 Å². The number of hydrogen-bond donors (Lipinski definition) is 3. The van der Waals surface area contributed by atoms with Gasteiger partial charge >= 0.3 is 0 Å². The third-order valence-corrected chi connectivity index (χ3v) is 0.620. The maximum atomic E-state index is 7.93. The van der Waals surface area contributed by atoms with E-state index in [2.05, 4.69) is 10.9 Å². The van der Waals surface area contributed by atoms with Crippen LogP contribution in [0.4, 0.5) is 0 Å². The molecule has 8 heavy (non-hydrogen) atoms. The van der Waals surface area contributed by atoms with Crippen molar-refractivity contribution in [2.24, 2.45) is 10.9 Å². The first kappa shape index (κ1) is 10.5. The smallest absolute Gasteiger partial charge is 0.197 e. The van der Waals surface area contributed by atoms with Crippen molar-refractivity contribution in [3.63, 3.8) is 0 Å². The molecule has 0 saturated heterocycles. The van der Waals surface area contributed by atoms with E-state index in [1.54, 1.807) is 6.92 Å². The molecule has 0 aromatic rings. The fourth-order valence-corrected chi connectivity index (χ4v) is 0.0986. The fourth-order valence-electron chi connectivity index (χ4n) is 0.0986. The third kappa shape index (κ3) is 3.70. The van der Waals surface area contributed by atoms with Crippen LogP contribution in [0.25, 0.3) is 0 Å². The van der Waals surface area contributed by atoms with Crippen LogP contribution in [0.1, 0.15) is 6.92 Å². The molecule has 0 amide bonds. The number of halogens is 1. The van der Waals surface area contributed by atoms with Crippen molar-refractivity contribution in [1.29, 1.82) is 0 Å². The molecule has 0 fully saturated rings. The second-order valence-corrected chi connectivity index (χ2v) is 1.43. The molecule has 5 heteroatoms. The molecule has 0 spiro atoms. The van der Waals surface area contributed by atoms with Crippen LogP contribution in [-0.4, -0.2) is 17.1 Å². The summed E-state index contributed by atoms with van der Waals surface area (Å²) < 4.78 is 0. The monoisotopic (exact) mass is 139 g/mol. The lowest BCUT2D eigenvalue weighted by Gasteiger charge is -1.93. The van der Waals surface area contributed by atoms with Crippen LogP contribution in [0.5, 0.6) is 0 Å². The van der Waals surface area contributed by atoms with E-state index >= 15 is 0 Å². The van der Waals surface area contributed by atoms with Crippen LogP contribution in [0, 0.1) is 0 Å². The van der Waals surface area contributed by atoms with Gasteiger partial charge in [-0.25, -0.2) is 0 Å². The average molecular weight is 140 g/mol. The minimum Gasteiger partial charge on any atom is -1.00 e. The predicted molar refractivity (Wildman–Crippen MR) is 25.8 cm³/mol. The van der Waals surface area contributed by atoms with E-state index in [1.165, 1.54) is 0 Å². The number of amidine groups is 1. The molecule has 0 bridgehead atoms. The highest BCUT2D eigenvalue weighted by Crippen LogP contribution is 1.67. The highest BCUT2D eigenvalue weighted by molar-refractivity contribution is 5.83. The summed E-state index contributed by atoms with van der Waals surface area (Å²) in [5.41, 5.74) is 8.55. The van der Waals surface area contributed by atoms with Crippen molar-refractivity contribution < 1.29 is 23.3 Å². The Morgan fingerprint density at radius 2 is 2.25 bits per heavy atom. The zero-order chi connectivity index (χ0) is 5.86. The van der Waals surface area contributed by atoms with E-state index < -0.39 is 0 Å². The zero-order valence-corrected chi connectivity index (χ0v) is 5.39. The van der Waals surface area contributed by atoms with Crippen molar-refractivity contribution in [2.75, 3.05) is 0 Å². The van der Waals surface area contributed by atoms with Gasteiger partial charge in [0.1, 0.15) is 6.04 Å². The molecule has 4 nitrogen and oxygen atoms in total. The van der Waals surface area contributed by atoms with Gasteiger partial charge in [0.2, 0.25) is 0 Å². The summed E-state index contributed by atoms with van der Waals surface area (Å²) in [5, 5.41) is 10.6. The minimum absolute atomic E-state index is 0. The van der Waals surface area contributed by atoms with Gasteiger partial charge in [-0.05, 0) is 6.92 Å². The Bertz CT molecular complexity index is 82.6. The highest BCUT2D eigenvalue weighted by atomic mass is 35.5. The quantitative estimate of drug-likeness (QED) is 0.148. The molecule has 0 aliphatic heterocycles. The fraction of sp³-hybridized carbons (Fsp3) is 0.667. The van der Waals surface area contributed by atoms with Crippen LogP contribution in [0.15, 0.2) is 5.16 Å². The summed E-state index contributed by atoms with van der Waals surface area (Å²) in [7, 11) is 0. The number of oxime groups is 1. The lowest BCUT2D eigenvalue weighted by Crippen LogP contribution is -3.00. The Balaban J connectivity index is 0. The summed E-state index contributed by atoms with van der Waals surface area (Å²) >= 11 is 0. The van der Waals surface area contributed by atoms with E-state index in [0.29, 0.717) is 0 Å². The van der Waals surface area contributed by atoms with Gasteiger partial charge in [-0.2, -0.15) is 0 Å². The largest absolute Gasteiger partial charge is 1.00 e. The number of hydrogen-bond acceptors (Lipinski definition) is 2. The van der Waals surface area contributed by atoms with E-state index in [-0.39, 0.29) is 24.3 Å². The van der Waals surface area contributed by atoms with Crippen LogP contribution >= 0.6 is 0 Å². The normalized spacial score (nSPS) is 14.5. The lowest BCUT2D eigenvalue weighted by atomic mass is 10.3. The number of rotatable bonds is 1. The standard InChI is InChI=1S/C3H9N3O.ClH/c1-2(4)3(5)6-7;/h2,7H,4H2,1H3,(H2,5,6);1H. The molecule has 6 N–H and O–H groups in total. The summed E-state index contributed by atoms with van der Waals surface area (Å²) in [5.74, 6) is 0.167. The Kier molecular flexibility index (Phi) is 6.13. The first-order valence-electron chi connectivity index (χ1n) is 1.99. The molecule has 0 radical (unpaired) electrons. The lowest BCUT2D eigenvalue weighted by molar-refractivity contribution is -0.389. The van der Waals surface area contributed by atoms with Crippen LogP contribution in [0.2, 0.25) is 0 Å². The maximum absolute atomic E-state index is 7.93. The summed E-state index contributed by atoms with van der Waals surface area (Å²) in [6.07, 6.45) is 0. The molecule has 1 unspecified atom stereocenters. The molecule has 0 heterocycles. The van der Waals surface area contributed by atoms with Gasteiger partial charge in [-0.3, -0.25) is 0 Å². The van der Waals surface area contributed by atoms with Gasteiger partial charge in [-0.1, -0.05) is 5.16 Å². The summed E-state index contributed by atoms with van der Waals surface area (Å²) in [6.45, 7) is 1.75. The second kappa shape index (κ2) is 4.67. The molecule has 0 aromatic heterocycles. The SMILES string of the molecule is CC([NH3+])/C(N)=N\O.[Cl-]. The molecular weight excluding hydrogens is 130 g/mol. The van der Waals surface area contributed by atoms with Gasteiger partial charge in [-0.15, -0.1) is 0 Å². The summed E-state index contributed by atoms with van der Waals surface area (Å²) in [6, 6.07) is -0.106. The van der Waals surface area contributed by atoms with Crippen LogP contribution < -0.4 is 23.9 Å². The Morgan fingerprint density at radius 3 is 2.25 bits per heavy atom. The van der Waals surface area contributed by atoms with Crippen LogP contribution in [0.3, 0.4) is 0 Å². The van der Waals surface area contributed by atoms with Crippen molar-refractivity contribution in [3.05, 3.63) is 0 Å². The van der Waals surface area contributed by atoms with E-state index in [1.807, 2.05) is 0 Å². The Morgan fingerprint density at radius 1 is 1.88 bits per heavy atom. The van der Waals surface area contributed by atoms with Crippen molar-refractivity contribution >= 4 is 5.84 Å². The molecule has 0 saturated carbocycles. The molecule has 1 atom stereocenters. The van der Waals surface area contributed by atoms with Crippen LogP contribution in [-0.2, 0) is 0 Å². The number of nitrogens with zero attached hydrogens (tertiary/aromatic N) is 1. The second-order valence-electron chi connectivity index (χ2n) is 1.43. The Labute approximate surface area is 53.9 Å². The topological polar surface area (TPSA) is 86.2 Å². The van der Waals surface area contributed by atoms with Gasteiger partial charge in [0.15, 0.2) is 5.84 Å².